The van der Waals surface area contributed by atoms with E-state index in [9.17, 15) is 19.2 Å². The third-order valence-corrected chi connectivity index (χ3v) is 3.24. The van der Waals surface area contributed by atoms with Crippen molar-refractivity contribution in [3.05, 3.63) is 11.6 Å². The van der Waals surface area contributed by atoms with E-state index in [1.807, 2.05) is 0 Å². The fourth-order valence-electron chi connectivity index (χ4n) is 2.46. The summed E-state index contributed by atoms with van der Waals surface area (Å²) < 4.78 is 8.93. The van der Waals surface area contributed by atoms with Crippen molar-refractivity contribution in [1.82, 2.24) is 0 Å². The van der Waals surface area contributed by atoms with Gasteiger partial charge in [0.2, 0.25) is 0 Å². The zero-order valence-electron chi connectivity index (χ0n) is 8.02. The predicted molar refractivity (Wildman–Crippen MR) is 45.4 cm³/mol. The second-order valence-corrected chi connectivity index (χ2v) is 4.11. The summed E-state index contributed by atoms with van der Waals surface area (Å²) in [4.78, 5) is 45.4. The Morgan fingerprint density at radius 2 is 1.94 bits per heavy atom. The number of cyclic esters (lactones) is 4. The summed E-state index contributed by atoms with van der Waals surface area (Å²) in [6.45, 7) is 0. The van der Waals surface area contributed by atoms with Crippen LogP contribution in [-0.2, 0) is 28.7 Å². The van der Waals surface area contributed by atoms with Crippen LogP contribution in [0.1, 0.15) is 12.8 Å². The fraction of sp³-hybridized carbons (Fsp3) is 0.400. The van der Waals surface area contributed by atoms with Crippen LogP contribution >= 0.6 is 0 Å². The molecule has 2 saturated heterocycles. The minimum Gasteiger partial charge on any atom is -0.392 e. The molecule has 2 aliphatic heterocycles. The molecule has 6 nitrogen and oxygen atoms in total. The normalized spacial score (nSPS) is 36.5. The second kappa shape index (κ2) is 2.58. The summed E-state index contributed by atoms with van der Waals surface area (Å²) >= 11 is 0. The van der Waals surface area contributed by atoms with E-state index in [0.717, 1.165) is 0 Å². The van der Waals surface area contributed by atoms with Gasteiger partial charge in [0.1, 0.15) is 5.41 Å². The van der Waals surface area contributed by atoms with E-state index in [4.69, 9.17) is 0 Å². The molecule has 0 aromatic carbocycles. The lowest BCUT2D eigenvalue weighted by molar-refractivity contribution is -0.168. The van der Waals surface area contributed by atoms with E-state index >= 15 is 0 Å². The SMILES string of the molecule is O=C1CC2(C=C3CC2C(=O)OC3=O)C(=O)O1. The largest absolute Gasteiger partial charge is 0.392 e. The molecule has 6 heteroatoms. The van der Waals surface area contributed by atoms with Gasteiger partial charge in [-0.15, -0.1) is 0 Å². The molecular formula is C10H6O6. The van der Waals surface area contributed by atoms with Crippen LogP contribution in [0, 0.1) is 11.3 Å². The lowest BCUT2D eigenvalue weighted by Gasteiger charge is -2.23. The number of carbonyl (C=O) groups is 4. The van der Waals surface area contributed by atoms with Crippen LogP contribution in [0.15, 0.2) is 11.6 Å². The number of fused-ring (bicyclic) bond motifs is 3. The maximum Gasteiger partial charge on any atom is 0.341 e. The molecule has 2 bridgehead atoms. The lowest BCUT2D eigenvalue weighted by Crippen LogP contribution is -2.38. The Bertz CT molecular complexity index is 488. The molecule has 16 heavy (non-hydrogen) atoms. The molecule has 1 aliphatic carbocycles. The van der Waals surface area contributed by atoms with Gasteiger partial charge in [0.25, 0.3) is 0 Å². The molecular weight excluding hydrogens is 216 g/mol. The Hall–Kier alpha value is -1.98. The molecule has 2 unspecified atom stereocenters. The molecule has 1 spiro atoms. The van der Waals surface area contributed by atoms with Crippen molar-refractivity contribution in [3.63, 3.8) is 0 Å². The number of carbonyl (C=O) groups excluding carboxylic acids is 4. The molecule has 2 fully saturated rings. The molecule has 0 saturated carbocycles. The van der Waals surface area contributed by atoms with Gasteiger partial charge >= 0.3 is 23.9 Å². The third kappa shape index (κ3) is 0.911. The highest BCUT2D eigenvalue weighted by Crippen LogP contribution is 2.51. The molecule has 0 amide bonds. The molecule has 0 N–H and O–H groups in total. The van der Waals surface area contributed by atoms with Gasteiger partial charge in [-0.3, -0.25) is 14.4 Å². The van der Waals surface area contributed by atoms with Crippen molar-refractivity contribution in [3.8, 4) is 0 Å². The maximum atomic E-state index is 11.6. The summed E-state index contributed by atoms with van der Waals surface area (Å²) in [5.74, 6) is -3.71. The number of rotatable bonds is 0. The van der Waals surface area contributed by atoms with Crippen LogP contribution < -0.4 is 0 Å². The molecule has 3 aliphatic rings. The first-order valence-corrected chi connectivity index (χ1v) is 4.76. The zero-order valence-corrected chi connectivity index (χ0v) is 8.02. The van der Waals surface area contributed by atoms with Crippen LogP contribution in [0.5, 0.6) is 0 Å². The Kier molecular flexibility index (Phi) is 1.49. The summed E-state index contributed by atoms with van der Waals surface area (Å²) in [7, 11) is 0. The van der Waals surface area contributed by atoms with Crippen molar-refractivity contribution in [1.29, 1.82) is 0 Å². The number of ether oxygens (including phenoxy) is 2. The van der Waals surface area contributed by atoms with Gasteiger partial charge in [-0.25, -0.2) is 4.79 Å². The first-order chi connectivity index (χ1) is 7.53. The van der Waals surface area contributed by atoms with E-state index < -0.39 is 35.2 Å². The Labute approximate surface area is 89.2 Å². The van der Waals surface area contributed by atoms with E-state index in [1.54, 1.807) is 0 Å². The molecule has 2 heterocycles. The molecule has 82 valence electrons. The summed E-state index contributed by atoms with van der Waals surface area (Å²) in [5, 5.41) is 0. The average molecular weight is 222 g/mol. The smallest absolute Gasteiger partial charge is 0.341 e. The molecule has 3 rings (SSSR count). The Morgan fingerprint density at radius 3 is 2.56 bits per heavy atom. The van der Waals surface area contributed by atoms with Gasteiger partial charge in [0.05, 0.1) is 12.3 Å². The lowest BCUT2D eigenvalue weighted by atomic mass is 9.77. The minimum absolute atomic E-state index is 0.153. The van der Waals surface area contributed by atoms with Gasteiger partial charge in [-0.2, -0.15) is 0 Å². The van der Waals surface area contributed by atoms with Crippen LogP contribution in [-0.4, -0.2) is 23.9 Å². The third-order valence-electron chi connectivity index (χ3n) is 3.24. The molecule has 2 atom stereocenters. The summed E-state index contributed by atoms with van der Waals surface area (Å²) in [6, 6.07) is 0. The Balaban J connectivity index is 2.13. The van der Waals surface area contributed by atoms with Crippen molar-refractivity contribution in [2.24, 2.45) is 11.3 Å². The summed E-state index contributed by atoms with van der Waals surface area (Å²) in [5.41, 5.74) is -1.02. The molecule has 0 aromatic rings. The topological polar surface area (TPSA) is 86.7 Å². The summed E-state index contributed by atoms with van der Waals surface area (Å²) in [6.07, 6.45) is 1.32. The van der Waals surface area contributed by atoms with Crippen molar-refractivity contribution >= 4 is 23.9 Å². The Morgan fingerprint density at radius 1 is 1.19 bits per heavy atom. The van der Waals surface area contributed by atoms with Crippen LogP contribution in [0.4, 0.5) is 0 Å². The van der Waals surface area contributed by atoms with E-state index in [2.05, 4.69) is 9.47 Å². The number of hydrogen-bond acceptors (Lipinski definition) is 6. The maximum absolute atomic E-state index is 11.6. The first kappa shape index (κ1) is 9.26. The van der Waals surface area contributed by atoms with Crippen molar-refractivity contribution < 1.29 is 28.7 Å². The highest BCUT2D eigenvalue weighted by atomic mass is 16.6. The van der Waals surface area contributed by atoms with Crippen LogP contribution in [0.25, 0.3) is 0 Å². The van der Waals surface area contributed by atoms with Gasteiger partial charge in [0, 0.05) is 5.57 Å². The first-order valence-electron chi connectivity index (χ1n) is 4.76. The monoisotopic (exact) mass is 222 g/mol. The van der Waals surface area contributed by atoms with E-state index in [0.29, 0.717) is 0 Å². The quantitative estimate of drug-likeness (QED) is 0.404. The van der Waals surface area contributed by atoms with E-state index in [-0.39, 0.29) is 18.4 Å². The van der Waals surface area contributed by atoms with Crippen LogP contribution in [0.2, 0.25) is 0 Å². The molecule has 0 aromatic heterocycles. The highest BCUT2D eigenvalue weighted by Gasteiger charge is 2.62. The fourth-order valence-corrected chi connectivity index (χ4v) is 2.46. The van der Waals surface area contributed by atoms with Crippen LogP contribution in [0.3, 0.4) is 0 Å². The zero-order chi connectivity index (χ0) is 11.5. The second-order valence-electron chi connectivity index (χ2n) is 4.11. The van der Waals surface area contributed by atoms with Gasteiger partial charge in [-0.1, -0.05) is 6.08 Å². The average Bonchev–Trinajstić information content (AvgIpc) is 2.66. The predicted octanol–water partition coefficient (Wildman–Crippen LogP) is -0.524. The highest BCUT2D eigenvalue weighted by molar-refractivity contribution is 6.09. The van der Waals surface area contributed by atoms with Gasteiger partial charge in [-0.05, 0) is 6.42 Å². The standard InChI is InChI=1S/C10H6O6/c11-6-3-10(9(14)15-6)2-4-1-5(10)8(13)16-7(4)12/h2,5H,1,3H2. The number of esters is 4. The van der Waals surface area contributed by atoms with Gasteiger partial charge in [0.15, 0.2) is 0 Å². The molecule has 0 radical (unpaired) electrons. The van der Waals surface area contributed by atoms with Crippen molar-refractivity contribution in [2.75, 3.05) is 0 Å². The van der Waals surface area contributed by atoms with E-state index in [1.165, 1.54) is 6.08 Å². The van der Waals surface area contributed by atoms with Crippen molar-refractivity contribution in [2.45, 2.75) is 12.8 Å². The minimum atomic E-state index is -1.30. The van der Waals surface area contributed by atoms with Gasteiger partial charge < -0.3 is 9.47 Å². The number of hydrogen-bond donors (Lipinski definition) is 0.